The lowest BCUT2D eigenvalue weighted by atomic mass is 9.84. The number of rotatable bonds is 20. The van der Waals surface area contributed by atoms with Crippen LogP contribution in [-0.4, -0.2) is 82.7 Å². The monoisotopic (exact) mass is 522 g/mol. The molecule has 0 radical (unpaired) electrons. The van der Waals surface area contributed by atoms with Gasteiger partial charge in [0.25, 0.3) is 0 Å². The van der Waals surface area contributed by atoms with E-state index in [1.165, 1.54) is 32.1 Å². The molecule has 1 saturated carbocycles. The number of hydrogen-bond donors (Lipinski definition) is 0. The molecule has 34 heavy (non-hydrogen) atoms. The quantitative estimate of drug-likeness (QED) is 0.167. The molecule has 0 amide bonds. The van der Waals surface area contributed by atoms with Gasteiger partial charge in [0, 0.05) is 46.2 Å². The lowest BCUT2D eigenvalue weighted by molar-refractivity contribution is -0.0242. The van der Waals surface area contributed by atoms with Crippen molar-refractivity contribution < 1.29 is 36.0 Å². The molecule has 10 heteroatoms. The molecule has 2 rings (SSSR count). The largest absolute Gasteiger partial charge is 0.508 e. The summed E-state index contributed by atoms with van der Waals surface area (Å²) < 4.78 is 50.4. The smallest absolute Gasteiger partial charge is 0.375 e. The van der Waals surface area contributed by atoms with Gasteiger partial charge in [-0.15, -0.1) is 0 Å². The van der Waals surface area contributed by atoms with E-state index in [2.05, 4.69) is 0 Å². The van der Waals surface area contributed by atoms with Gasteiger partial charge in [0.15, 0.2) is 0 Å². The van der Waals surface area contributed by atoms with E-state index in [-0.39, 0.29) is 17.4 Å². The second kappa shape index (κ2) is 16.1. The average Bonchev–Trinajstić information content (AvgIpc) is 3.66. The summed E-state index contributed by atoms with van der Waals surface area (Å²) in [4.78, 5) is 0. The fourth-order valence-corrected chi connectivity index (χ4v) is 13.5. The Balaban J connectivity index is 2.31. The Morgan fingerprint density at radius 2 is 1.09 bits per heavy atom. The fourth-order valence-electron chi connectivity index (χ4n) is 5.21. The van der Waals surface area contributed by atoms with E-state index in [1.54, 1.807) is 0 Å². The van der Waals surface area contributed by atoms with Crippen LogP contribution >= 0.6 is 0 Å². The first-order chi connectivity index (χ1) is 16.6. The van der Waals surface area contributed by atoms with Crippen LogP contribution in [0.3, 0.4) is 0 Å². The van der Waals surface area contributed by atoms with Crippen molar-refractivity contribution in [2.24, 2.45) is 5.92 Å². The van der Waals surface area contributed by atoms with E-state index in [4.69, 9.17) is 36.0 Å². The topological polar surface area (TPSA) is 77.1 Å². The Kier molecular flexibility index (Phi) is 14.3. The standard InChI is InChI=1S/C24H50O8Si2/c1-7-27-33(28-8-2,29-9-3)23(34(30-10-4,31-11-5)32-12-6)18-19-25-24(22-20-26-22)21-16-14-13-15-17-21/h21-24H,7-20H2,1-6H3. The van der Waals surface area contributed by atoms with Gasteiger partial charge in [0.2, 0.25) is 0 Å². The molecule has 0 aromatic heterocycles. The molecule has 1 saturated heterocycles. The van der Waals surface area contributed by atoms with Crippen LogP contribution in [0, 0.1) is 5.92 Å². The summed E-state index contributed by atoms with van der Waals surface area (Å²) in [5, 5.41) is -0.271. The van der Waals surface area contributed by atoms with Crippen LogP contribution < -0.4 is 0 Å². The summed E-state index contributed by atoms with van der Waals surface area (Å²) in [6.07, 6.45) is 7.33. The van der Waals surface area contributed by atoms with Gasteiger partial charge < -0.3 is 36.0 Å². The zero-order valence-corrected chi connectivity index (χ0v) is 24.5. The first-order valence-corrected chi connectivity index (χ1v) is 17.2. The van der Waals surface area contributed by atoms with Gasteiger partial charge in [0.05, 0.1) is 12.7 Å². The van der Waals surface area contributed by atoms with Crippen LogP contribution in [0.4, 0.5) is 0 Å². The van der Waals surface area contributed by atoms with E-state index >= 15 is 0 Å². The molecule has 202 valence electrons. The third-order valence-electron chi connectivity index (χ3n) is 6.48. The minimum absolute atomic E-state index is 0.144. The normalized spacial score (nSPS) is 20.7. The maximum Gasteiger partial charge on any atom is 0.508 e. The van der Waals surface area contributed by atoms with Crippen molar-refractivity contribution in [3.05, 3.63) is 0 Å². The van der Waals surface area contributed by atoms with Gasteiger partial charge in [-0.05, 0) is 66.7 Å². The number of ether oxygens (including phenoxy) is 2. The summed E-state index contributed by atoms with van der Waals surface area (Å²) in [5.74, 6) is 0.569. The molecule has 0 bridgehead atoms. The molecule has 1 aliphatic carbocycles. The summed E-state index contributed by atoms with van der Waals surface area (Å²) in [6, 6.07) is 0. The molecule has 1 heterocycles. The van der Waals surface area contributed by atoms with Crippen molar-refractivity contribution in [2.75, 3.05) is 52.9 Å². The SMILES string of the molecule is CCO[Si](OCC)(OCC)C(CCOC(C1CCCCC1)C1CO1)[Si](OCC)(OCC)OCC. The lowest BCUT2D eigenvalue weighted by Gasteiger charge is -2.42. The molecule has 2 unspecified atom stereocenters. The molecular weight excluding hydrogens is 472 g/mol. The highest BCUT2D eigenvalue weighted by atomic mass is 28.5. The molecule has 0 aromatic rings. The minimum Gasteiger partial charge on any atom is -0.375 e. The van der Waals surface area contributed by atoms with Gasteiger partial charge in [-0.25, -0.2) is 0 Å². The van der Waals surface area contributed by atoms with Crippen molar-refractivity contribution >= 4 is 17.6 Å². The van der Waals surface area contributed by atoms with Crippen LogP contribution in [0.25, 0.3) is 0 Å². The van der Waals surface area contributed by atoms with Crippen LogP contribution in [0.2, 0.25) is 5.16 Å². The highest BCUT2D eigenvalue weighted by Crippen LogP contribution is 2.41. The maximum atomic E-state index is 6.58. The molecular formula is C24H50O8Si2. The Morgan fingerprint density at radius 1 is 0.676 bits per heavy atom. The van der Waals surface area contributed by atoms with Crippen LogP contribution in [0.5, 0.6) is 0 Å². The van der Waals surface area contributed by atoms with Gasteiger partial charge in [-0.2, -0.15) is 0 Å². The Morgan fingerprint density at radius 3 is 1.44 bits per heavy atom. The molecule has 2 atom stereocenters. The molecule has 0 spiro atoms. The maximum absolute atomic E-state index is 6.58. The van der Waals surface area contributed by atoms with E-state index in [1.807, 2.05) is 41.5 Å². The van der Waals surface area contributed by atoms with Crippen molar-refractivity contribution in [2.45, 2.75) is 97.4 Å². The Bertz CT molecular complexity index is 471. The van der Waals surface area contributed by atoms with E-state index in [0.29, 0.717) is 58.6 Å². The van der Waals surface area contributed by atoms with Gasteiger partial charge in [-0.1, -0.05) is 19.3 Å². The van der Waals surface area contributed by atoms with Crippen molar-refractivity contribution in [1.82, 2.24) is 0 Å². The second-order valence-corrected chi connectivity index (χ2v) is 14.9. The van der Waals surface area contributed by atoms with E-state index in [0.717, 1.165) is 6.61 Å². The summed E-state index contributed by atoms with van der Waals surface area (Å²) >= 11 is 0. The summed E-state index contributed by atoms with van der Waals surface area (Å²) in [5.41, 5.74) is 0. The minimum atomic E-state index is -3.22. The van der Waals surface area contributed by atoms with Gasteiger partial charge in [-0.3, -0.25) is 0 Å². The van der Waals surface area contributed by atoms with Crippen LogP contribution in [0.1, 0.15) is 80.1 Å². The van der Waals surface area contributed by atoms with E-state index in [9.17, 15) is 0 Å². The summed E-state index contributed by atoms with van der Waals surface area (Å²) in [7, 11) is -6.44. The third kappa shape index (κ3) is 8.32. The van der Waals surface area contributed by atoms with Crippen LogP contribution in [-0.2, 0) is 36.0 Å². The highest BCUT2D eigenvalue weighted by Gasteiger charge is 2.65. The predicted octanol–water partition coefficient (Wildman–Crippen LogP) is 4.75. The van der Waals surface area contributed by atoms with Crippen molar-refractivity contribution in [3.63, 3.8) is 0 Å². The number of epoxide rings is 1. The Hall–Kier alpha value is 0.114. The zero-order valence-electron chi connectivity index (χ0n) is 22.5. The summed E-state index contributed by atoms with van der Waals surface area (Å²) in [6.45, 7) is 16.1. The first kappa shape index (κ1) is 30.3. The molecule has 0 N–H and O–H groups in total. The Labute approximate surface area is 210 Å². The molecule has 1 aliphatic heterocycles. The fraction of sp³-hybridized carbons (Fsp3) is 1.00. The molecule has 2 fully saturated rings. The average molecular weight is 523 g/mol. The van der Waals surface area contributed by atoms with Crippen molar-refractivity contribution in [3.8, 4) is 0 Å². The van der Waals surface area contributed by atoms with E-state index < -0.39 is 17.6 Å². The van der Waals surface area contributed by atoms with Gasteiger partial charge in [0.1, 0.15) is 11.3 Å². The molecule has 0 aromatic carbocycles. The predicted molar refractivity (Wildman–Crippen MR) is 136 cm³/mol. The lowest BCUT2D eigenvalue weighted by Crippen LogP contribution is -2.64. The van der Waals surface area contributed by atoms with Crippen LogP contribution in [0.15, 0.2) is 0 Å². The zero-order chi connectivity index (χ0) is 24.9. The second-order valence-electron chi connectivity index (χ2n) is 8.75. The third-order valence-corrected chi connectivity index (χ3v) is 15.0. The molecule has 8 nitrogen and oxygen atoms in total. The molecule has 2 aliphatic rings. The van der Waals surface area contributed by atoms with Gasteiger partial charge >= 0.3 is 17.6 Å². The number of hydrogen-bond acceptors (Lipinski definition) is 8. The first-order valence-electron chi connectivity index (χ1n) is 13.6. The highest BCUT2D eigenvalue weighted by molar-refractivity contribution is 6.82. The van der Waals surface area contributed by atoms with Crippen molar-refractivity contribution in [1.29, 1.82) is 0 Å².